The summed E-state index contributed by atoms with van der Waals surface area (Å²) in [6.45, 7) is 5.12. The lowest BCUT2D eigenvalue weighted by molar-refractivity contribution is 0.132. The zero-order valence-electron chi connectivity index (χ0n) is 10.9. The summed E-state index contributed by atoms with van der Waals surface area (Å²) in [6.07, 6.45) is 0.301. The van der Waals surface area contributed by atoms with E-state index in [4.69, 9.17) is 11.6 Å². The molecule has 0 saturated carbocycles. The minimum absolute atomic E-state index is 0.301. The van der Waals surface area contributed by atoms with E-state index in [0.29, 0.717) is 17.0 Å². The first kappa shape index (κ1) is 14.3. The first-order valence-corrected chi connectivity index (χ1v) is 6.74. The molecule has 1 saturated heterocycles. The number of nitrogens with zero attached hydrogens (tertiary/aromatic N) is 2. The molecular formula is C14H17ClFN3. The molecule has 0 aliphatic carbocycles. The van der Waals surface area contributed by atoms with Gasteiger partial charge < -0.3 is 5.32 Å². The van der Waals surface area contributed by atoms with Crippen molar-refractivity contribution < 1.29 is 4.39 Å². The van der Waals surface area contributed by atoms with E-state index in [1.807, 2.05) is 6.92 Å². The minimum Gasteiger partial charge on any atom is -0.314 e. The lowest BCUT2D eigenvalue weighted by Crippen LogP contribution is -2.55. The summed E-state index contributed by atoms with van der Waals surface area (Å²) in [5, 5.41) is 13.1. The molecule has 1 aliphatic heterocycles. The van der Waals surface area contributed by atoms with Crippen molar-refractivity contribution in [1.29, 1.82) is 5.26 Å². The Morgan fingerprint density at radius 3 is 2.74 bits per heavy atom. The van der Waals surface area contributed by atoms with Crippen LogP contribution in [0.4, 0.5) is 4.39 Å². The van der Waals surface area contributed by atoms with Gasteiger partial charge in [-0.1, -0.05) is 17.7 Å². The molecule has 1 fully saturated rings. The first-order chi connectivity index (χ1) is 9.07. The van der Waals surface area contributed by atoms with Gasteiger partial charge >= 0.3 is 0 Å². The van der Waals surface area contributed by atoms with E-state index in [2.05, 4.69) is 16.3 Å². The second kappa shape index (κ2) is 5.87. The van der Waals surface area contributed by atoms with E-state index < -0.39 is 5.54 Å². The van der Waals surface area contributed by atoms with Crippen LogP contribution in [-0.4, -0.2) is 36.6 Å². The molecule has 102 valence electrons. The molecular weight excluding hydrogens is 265 g/mol. The molecule has 5 heteroatoms. The molecule has 1 atom stereocenters. The second-order valence-electron chi connectivity index (χ2n) is 5.00. The highest BCUT2D eigenvalue weighted by Gasteiger charge is 2.34. The molecule has 1 aromatic carbocycles. The van der Waals surface area contributed by atoms with E-state index in [1.54, 1.807) is 12.1 Å². The van der Waals surface area contributed by atoms with Gasteiger partial charge in [0.1, 0.15) is 11.4 Å². The third-order valence-electron chi connectivity index (χ3n) is 3.64. The Kier molecular flexibility index (Phi) is 4.41. The molecule has 1 aliphatic rings. The highest BCUT2D eigenvalue weighted by Crippen LogP contribution is 2.27. The number of nitriles is 1. The topological polar surface area (TPSA) is 39.1 Å². The molecule has 0 amide bonds. The lowest BCUT2D eigenvalue weighted by atomic mass is 9.91. The lowest BCUT2D eigenvalue weighted by Gasteiger charge is -2.39. The zero-order valence-corrected chi connectivity index (χ0v) is 11.7. The minimum atomic E-state index is -0.728. The summed E-state index contributed by atoms with van der Waals surface area (Å²) < 4.78 is 13.9. The molecule has 2 rings (SSSR count). The quantitative estimate of drug-likeness (QED) is 0.923. The largest absolute Gasteiger partial charge is 0.314 e. The van der Waals surface area contributed by atoms with Crippen LogP contribution in [0.3, 0.4) is 0 Å². The molecule has 1 N–H and O–H groups in total. The average Bonchev–Trinajstić information content (AvgIpc) is 2.44. The predicted octanol–water partition coefficient (Wildman–Crippen LogP) is 2.21. The Labute approximate surface area is 118 Å². The first-order valence-electron chi connectivity index (χ1n) is 6.37. The van der Waals surface area contributed by atoms with Gasteiger partial charge in [-0.05, 0) is 19.1 Å². The average molecular weight is 282 g/mol. The number of rotatable bonds is 3. The number of benzene rings is 1. The smallest absolute Gasteiger partial charge is 0.127 e. The molecule has 1 unspecified atom stereocenters. The second-order valence-corrected chi connectivity index (χ2v) is 5.41. The van der Waals surface area contributed by atoms with Gasteiger partial charge in [0.15, 0.2) is 0 Å². The van der Waals surface area contributed by atoms with Gasteiger partial charge in [0.25, 0.3) is 0 Å². The van der Waals surface area contributed by atoms with Crippen LogP contribution in [0.25, 0.3) is 0 Å². The molecule has 1 aromatic rings. The van der Waals surface area contributed by atoms with Crippen molar-refractivity contribution in [1.82, 2.24) is 10.2 Å². The van der Waals surface area contributed by atoms with Crippen molar-refractivity contribution in [3.05, 3.63) is 34.6 Å². The van der Waals surface area contributed by atoms with Crippen LogP contribution in [0.5, 0.6) is 0 Å². The monoisotopic (exact) mass is 281 g/mol. The van der Waals surface area contributed by atoms with Gasteiger partial charge in [-0.2, -0.15) is 5.26 Å². The van der Waals surface area contributed by atoms with Crippen LogP contribution in [0, 0.1) is 17.1 Å². The maximum Gasteiger partial charge on any atom is 0.127 e. The van der Waals surface area contributed by atoms with Gasteiger partial charge in [-0.15, -0.1) is 0 Å². The number of piperazine rings is 1. The van der Waals surface area contributed by atoms with E-state index in [0.717, 1.165) is 26.2 Å². The van der Waals surface area contributed by atoms with Gasteiger partial charge in [0.2, 0.25) is 0 Å². The SMILES string of the molecule is CC(C#N)(Cc1c(F)cccc1Cl)N1CCNCC1. The van der Waals surface area contributed by atoms with E-state index in [-0.39, 0.29) is 5.82 Å². The van der Waals surface area contributed by atoms with Crippen molar-refractivity contribution in [2.45, 2.75) is 18.9 Å². The van der Waals surface area contributed by atoms with E-state index in [9.17, 15) is 9.65 Å². The Morgan fingerprint density at radius 2 is 2.16 bits per heavy atom. The van der Waals surface area contributed by atoms with Gasteiger partial charge in [0, 0.05) is 43.2 Å². The van der Waals surface area contributed by atoms with Crippen molar-refractivity contribution in [2.75, 3.05) is 26.2 Å². The van der Waals surface area contributed by atoms with E-state index in [1.165, 1.54) is 6.07 Å². The third-order valence-corrected chi connectivity index (χ3v) is 3.99. The van der Waals surface area contributed by atoms with Crippen molar-refractivity contribution in [3.8, 4) is 6.07 Å². The molecule has 3 nitrogen and oxygen atoms in total. The Hall–Kier alpha value is -1.15. The van der Waals surface area contributed by atoms with Crippen LogP contribution >= 0.6 is 11.6 Å². The van der Waals surface area contributed by atoms with Crippen molar-refractivity contribution in [3.63, 3.8) is 0 Å². The van der Waals surface area contributed by atoms with Gasteiger partial charge in [0.05, 0.1) is 6.07 Å². The standard InChI is InChI=1S/C14H17ClFN3/c1-14(10-17,19-7-5-18-6-8-19)9-11-12(15)3-2-4-13(11)16/h2-4,18H,5-9H2,1H3. The highest BCUT2D eigenvalue weighted by molar-refractivity contribution is 6.31. The van der Waals surface area contributed by atoms with E-state index >= 15 is 0 Å². The maximum absolute atomic E-state index is 13.9. The van der Waals surface area contributed by atoms with Crippen molar-refractivity contribution in [2.24, 2.45) is 0 Å². The highest BCUT2D eigenvalue weighted by atomic mass is 35.5. The van der Waals surface area contributed by atoms with Crippen molar-refractivity contribution >= 4 is 11.6 Å². The number of nitrogens with one attached hydrogen (secondary N) is 1. The normalized spacial score (nSPS) is 19.7. The van der Waals surface area contributed by atoms with Crippen LogP contribution in [-0.2, 0) is 6.42 Å². The zero-order chi connectivity index (χ0) is 13.9. The maximum atomic E-state index is 13.9. The number of halogens is 2. The summed E-state index contributed by atoms with van der Waals surface area (Å²) in [7, 11) is 0. The summed E-state index contributed by atoms with van der Waals surface area (Å²) in [5.41, 5.74) is -0.305. The molecule has 0 radical (unpaired) electrons. The molecule has 0 aromatic heterocycles. The Bertz CT molecular complexity index is 474. The Balaban J connectivity index is 2.25. The number of hydrogen-bond acceptors (Lipinski definition) is 3. The van der Waals surface area contributed by atoms with Crippen LogP contribution in [0.2, 0.25) is 5.02 Å². The van der Waals surface area contributed by atoms with Gasteiger partial charge in [-0.25, -0.2) is 4.39 Å². The fraction of sp³-hybridized carbons (Fsp3) is 0.500. The summed E-state index contributed by atoms with van der Waals surface area (Å²) in [5.74, 6) is -0.343. The third kappa shape index (κ3) is 3.06. The fourth-order valence-electron chi connectivity index (χ4n) is 2.43. The molecule has 0 spiro atoms. The van der Waals surface area contributed by atoms with Crippen LogP contribution in [0.1, 0.15) is 12.5 Å². The molecule has 1 heterocycles. The van der Waals surface area contributed by atoms with Crippen LogP contribution < -0.4 is 5.32 Å². The number of hydrogen-bond donors (Lipinski definition) is 1. The fourth-order valence-corrected chi connectivity index (χ4v) is 2.66. The molecule has 0 bridgehead atoms. The predicted molar refractivity (Wildman–Crippen MR) is 73.6 cm³/mol. The van der Waals surface area contributed by atoms with Crippen LogP contribution in [0.15, 0.2) is 18.2 Å². The summed E-state index contributed by atoms with van der Waals surface area (Å²) in [4.78, 5) is 2.09. The van der Waals surface area contributed by atoms with Gasteiger partial charge in [-0.3, -0.25) is 4.90 Å². The molecule has 19 heavy (non-hydrogen) atoms. The summed E-state index contributed by atoms with van der Waals surface area (Å²) >= 11 is 6.05. The Morgan fingerprint density at radius 1 is 1.47 bits per heavy atom. The summed E-state index contributed by atoms with van der Waals surface area (Å²) in [6, 6.07) is 6.95.